The van der Waals surface area contributed by atoms with Crippen LogP contribution in [-0.2, 0) is 0 Å². The molecule has 0 aromatic carbocycles. The minimum atomic E-state index is -0.957. The first-order chi connectivity index (χ1) is 5.15. The second-order valence-corrected chi connectivity index (χ2v) is 11.6. The summed E-state index contributed by atoms with van der Waals surface area (Å²) in [5.74, 6) is 0. The van der Waals surface area contributed by atoms with E-state index in [1.165, 1.54) is 10.1 Å². The molecule has 12 heavy (non-hydrogen) atoms. The molecule has 0 heterocycles. The number of nitrogens with zero attached hydrogens (tertiary/aromatic N) is 1. The standard InChI is InChI=1S/C8H20Cl2NP/c1-8(2,11(9)10)6-7-12(3,4)5/h12H,6-7H2,1-5H3. The van der Waals surface area contributed by atoms with Crippen molar-refractivity contribution in [3.05, 3.63) is 0 Å². The molecule has 1 nitrogen and oxygen atoms in total. The van der Waals surface area contributed by atoms with Crippen molar-refractivity contribution in [2.75, 3.05) is 26.2 Å². The Morgan fingerprint density at radius 3 is 1.83 bits per heavy atom. The zero-order valence-electron chi connectivity index (χ0n) is 8.62. The van der Waals surface area contributed by atoms with Crippen LogP contribution in [0.5, 0.6) is 0 Å². The van der Waals surface area contributed by atoms with Gasteiger partial charge in [-0.05, 0) is 0 Å². The molecule has 0 aliphatic rings. The Morgan fingerprint density at radius 1 is 1.17 bits per heavy atom. The monoisotopic (exact) mass is 231 g/mol. The van der Waals surface area contributed by atoms with Gasteiger partial charge in [-0.2, -0.15) is 0 Å². The van der Waals surface area contributed by atoms with Gasteiger partial charge in [0.2, 0.25) is 0 Å². The molecule has 0 aromatic heterocycles. The summed E-state index contributed by atoms with van der Waals surface area (Å²) in [6, 6.07) is 0. The van der Waals surface area contributed by atoms with Gasteiger partial charge in [0.1, 0.15) is 0 Å². The van der Waals surface area contributed by atoms with E-state index in [4.69, 9.17) is 23.6 Å². The molecule has 0 unspecified atom stereocenters. The number of hydrogen-bond acceptors (Lipinski definition) is 1. The number of rotatable bonds is 4. The molecule has 0 aromatic rings. The van der Waals surface area contributed by atoms with Gasteiger partial charge < -0.3 is 0 Å². The van der Waals surface area contributed by atoms with Gasteiger partial charge in [-0.25, -0.2) is 0 Å². The van der Waals surface area contributed by atoms with Gasteiger partial charge in [-0.3, -0.25) is 0 Å². The Balaban J connectivity index is 3.93. The molecule has 0 radical (unpaired) electrons. The van der Waals surface area contributed by atoms with Crippen LogP contribution in [0.3, 0.4) is 0 Å². The van der Waals surface area contributed by atoms with Crippen LogP contribution in [0.1, 0.15) is 20.3 Å². The fourth-order valence-electron chi connectivity index (χ4n) is 0.765. The van der Waals surface area contributed by atoms with Crippen molar-refractivity contribution in [3.8, 4) is 0 Å². The van der Waals surface area contributed by atoms with Crippen LogP contribution in [0.15, 0.2) is 0 Å². The van der Waals surface area contributed by atoms with Crippen LogP contribution in [0.4, 0.5) is 0 Å². The number of hydrogen-bond donors (Lipinski definition) is 0. The zero-order valence-corrected chi connectivity index (χ0v) is 11.1. The van der Waals surface area contributed by atoms with Crippen LogP contribution in [0, 0.1) is 0 Å². The van der Waals surface area contributed by atoms with Crippen molar-refractivity contribution in [1.82, 2.24) is 3.94 Å². The molecule has 0 fully saturated rings. The third-order valence-corrected chi connectivity index (χ3v) is 4.61. The molecular formula is C8H20Cl2NP. The normalized spacial score (nSPS) is 15.3. The van der Waals surface area contributed by atoms with E-state index < -0.39 is 7.26 Å². The molecule has 0 saturated carbocycles. The van der Waals surface area contributed by atoms with Gasteiger partial charge in [-0.1, -0.05) is 0 Å². The molecule has 0 aliphatic carbocycles. The van der Waals surface area contributed by atoms with E-state index in [0.717, 1.165) is 6.42 Å². The van der Waals surface area contributed by atoms with Gasteiger partial charge in [-0.15, -0.1) is 0 Å². The Hall–Kier alpha value is 0.970. The molecule has 0 saturated heterocycles. The zero-order chi connectivity index (χ0) is 9.99. The Bertz CT molecular complexity index is 140. The molecule has 0 N–H and O–H groups in total. The molecule has 0 aliphatic heterocycles. The Labute approximate surface area is 87.0 Å². The third-order valence-electron chi connectivity index (χ3n) is 1.94. The SMILES string of the molecule is CC(C)(CC[PH](C)(C)C)N(Cl)Cl. The van der Waals surface area contributed by atoms with Gasteiger partial charge in [0.25, 0.3) is 0 Å². The fourth-order valence-corrected chi connectivity index (χ4v) is 2.30. The van der Waals surface area contributed by atoms with E-state index in [0.29, 0.717) is 0 Å². The van der Waals surface area contributed by atoms with E-state index in [9.17, 15) is 0 Å². The average molecular weight is 232 g/mol. The van der Waals surface area contributed by atoms with Crippen LogP contribution in [0.2, 0.25) is 0 Å². The molecule has 76 valence electrons. The van der Waals surface area contributed by atoms with Gasteiger partial charge in [0.15, 0.2) is 0 Å². The van der Waals surface area contributed by atoms with Crippen LogP contribution >= 0.6 is 30.8 Å². The van der Waals surface area contributed by atoms with Crippen molar-refractivity contribution >= 4 is 30.8 Å². The van der Waals surface area contributed by atoms with Crippen molar-refractivity contribution in [3.63, 3.8) is 0 Å². The fraction of sp³-hybridized carbons (Fsp3) is 1.00. The third kappa shape index (κ3) is 5.59. The summed E-state index contributed by atoms with van der Waals surface area (Å²) < 4.78 is 1.27. The predicted molar refractivity (Wildman–Crippen MR) is 63.2 cm³/mol. The molecule has 0 rings (SSSR count). The quantitative estimate of drug-likeness (QED) is 0.530. The summed E-state index contributed by atoms with van der Waals surface area (Å²) in [5, 5.41) is 0. The van der Waals surface area contributed by atoms with Crippen molar-refractivity contribution in [2.45, 2.75) is 25.8 Å². The van der Waals surface area contributed by atoms with Crippen LogP contribution in [-0.4, -0.2) is 35.6 Å². The maximum absolute atomic E-state index is 5.71. The van der Waals surface area contributed by atoms with Gasteiger partial charge >= 0.3 is 86.7 Å². The van der Waals surface area contributed by atoms with Crippen molar-refractivity contribution in [2.24, 2.45) is 0 Å². The summed E-state index contributed by atoms with van der Waals surface area (Å²) in [6.45, 7) is 11.2. The van der Waals surface area contributed by atoms with E-state index in [2.05, 4.69) is 33.8 Å². The molecule has 0 bridgehead atoms. The summed E-state index contributed by atoms with van der Waals surface area (Å²) in [4.78, 5) is 0. The van der Waals surface area contributed by atoms with Crippen LogP contribution < -0.4 is 0 Å². The van der Waals surface area contributed by atoms with Crippen molar-refractivity contribution < 1.29 is 0 Å². The van der Waals surface area contributed by atoms with Crippen LogP contribution in [0.25, 0.3) is 0 Å². The molecular weight excluding hydrogens is 212 g/mol. The van der Waals surface area contributed by atoms with E-state index >= 15 is 0 Å². The van der Waals surface area contributed by atoms with Gasteiger partial charge in [0, 0.05) is 0 Å². The topological polar surface area (TPSA) is 3.24 Å². The molecule has 0 spiro atoms. The number of halogens is 2. The first-order valence-corrected chi connectivity index (χ1v) is 8.65. The molecule has 0 amide bonds. The Morgan fingerprint density at radius 2 is 1.58 bits per heavy atom. The minimum absolute atomic E-state index is 0.0939. The summed E-state index contributed by atoms with van der Waals surface area (Å²) in [7, 11) is -0.957. The van der Waals surface area contributed by atoms with E-state index in [-0.39, 0.29) is 5.54 Å². The summed E-state index contributed by atoms with van der Waals surface area (Å²) in [5.41, 5.74) is -0.0939. The second kappa shape index (κ2) is 4.46. The van der Waals surface area contributed by atoms with E-state index in [1.807, 2.05) is 0 Å². The first kappa shape index (κ1) is 13.0. The second-order valence-electron chi connectivity index (χ2n) is 5.11. The van der Waals surface area contributed by atoms with E-state index in [1.54, 1.807) is 0 Å². The summed E-state index contributed by atoms with van der Waals surface area (Å²) in [6.07, 6.45) is 2.33. The van der Waals surface area contributed by atoms with Crippen molar-refractivity contribution in [1.29, 1.82) is 0 Å². The molecule has 4 heteroatoms. The molecule has 0 atom stereocenters. The van der Waals surface area contributed by atoms with Gasteiger partial charge in [0.05, 0.1) is 0 Å². The summed E-state index contributed by atoms with van der Waals surface area (Å²) >= 11 is 11.4. The average Bonchev–Trinajstić information content (AvgIpc) is 1.82. The predicted octanol–water partition coefficient (Wildman–Crippen LogP) is 3.40. The maximum atomic E-state index is 5.71. The Kier molecular flexibility index (Phi) is 4.82. The first-order valence-electron chi connectivity index (χ1n) is 4.27.